The molecule has 0 aliphatic carbocycles. The van der Waals surface area contributed by atoms with Crippen molar-refractivity contribution in [1.29, 1.82) is 5.26 Å². The second-order valence-corrected chi connectivity index (χ2v) is 8.63. The monoisotopic (exact) mass is 471 g/mol. The standard InChI is InChI=1S/C27H23F2N5O/c1-32-23-11-10-22(17-30)31-26(23)24(16-25(32)35)33-12-14-34(15-13-33)27(18-2-6-20(28)7-3-18)19-4-8-21(29)9-5-19/h2-11,16,27H,12-15H2,1H3. The lowest BCUT2D eigenvalue weighted by molar-refractivity contribution is 0.212. The molecule has 2 aromatic heterocycles. The van der Waals surface area contributed by atoms with Crippen LogP contribution in [0.2, 0.25) is 0 Å². The number of hydrogen-bond acceptors (Lipinski definition) is 5. The van der Waals surface area contributed by atoms with E-state index in [0.29, 0.717) is 48.6 Å². The highest BCUT2D eigenvalue weighted by molar-refractivity contribution is 5.88. The van der Waals surface area contributed by atoms with Gasteiger partial charge in [-0.1, -0.05) is 24.3 Å². The fraction of sp³-hybridized carbons (Fsp3) is 0.222. The first kappa shape index (κ1) is 22.7. The average Bonchev–Trinajstić information content (AvgIpc) is 2.89. The summed E-state index contributed by atoms with van der Waals surface area (Å²) in [5.41, 5.74) is 4.00. The fourth-order valence-electron chi connectivity index (χ4n) is 4.74. The highest BCUT2D eigenvalue weighted by atomic mass is 19.1. The van der Waals surface area contributed by atoms with Crippen molar-refractivity contribution in [2.24, 2.45) is 7.05 Å². The van der Waals surface area contributed by atoms with Gasteiger partial charge in [0.15, 0.2) is 0 Å². The third-order valence-electron chi connectivity index (χ3n) is 6.57. The van der Waals surface area contributed by atoms with Crippen LogP contribution in [0.3, 0.4) is 0 Å². The van der Waals surface area contributed by atoms with Crippen LogP contribution in [0.15, 0.2) is 71.5 Å². The molecular formula is C27H23F2N5O. The number of benzene rings is 2. The Morgan fingerprint density at radius 3 is 2.00 bits per heavy atom. The number of aryl methyl sites for hydroxylation is 1. The maximum atomic E-state index is 13.6. The van der Waals surface area contributed by atoms with Crippen LogP contribution in [-0.4, -0.2) is 40.6 Å². The van der Waals surface area contributed by atoms with E-state index in [1.165, 1.54) is 28.8 Å². The molecule has 8 heteroatoms. The van der Waals surface area contributed by atoms with Crippen LogP contribution in [0.1, 0.15) is 22.9 Å². The summed E-state index contributed by atoms with van der Waals surface area (Å²) in [7, 11) is 1.69. The molecule has 1 fully saturated rings. The van der Waals surface area contributed by atoms with Crippen molar-refractivity contribution in [3.8, 4) is 6.07 Å². The van der Waals surface area contributed by atoms with Gasteiger partial charge in [-0.15, -0.1) is 0 Å². The molecular weight excluding hydrogens is 448 g/mol. The van der Waals surface area contributed by atoms with E-state index in [0.717, 1.165) is 11.1 Å². The molecule has 2 aromatic carbocycles. The molecule has 0 unspecified atom stereocenters. The molecule has 35 heavy (non-hydrogen) atoms. The summed E-state index contributed by atoms with van der Waals surface area (Å²) < 4.78 is 28.7. The first-order valence-electron chi connectivity index (χ1n) is 11.4. The van der Waals surface area contributed by atoms with E-state index in [4.69, 9.17) is 0 Å². The van der Waals surface area contributed by atoms with Crippen molar-refractivity contribution in [2.75, 3.05) is 31.1 Å². The van der Waals surface area contributed by atoms with Crippen LogP contribution in [-0.2, 0) is 7.05 Å². The smallest absolute Gasteiger partial charge is 0.252 e. The Bertz CT molecular complexity index is 1420. The van der Waals surface area contributed by atoms with Crippen LogP contribution in [0.25, 0.3) is 11.0 Å². The van der Waals surface area contributed by atoms with E-state index < -0.39 is 0 Å². The summed E-state index contributed by atoms with van der Waals surface area (Å²) in [4.78, 5) is 21.5. The SMILES string of the molecule is Cn1c(=O)cc(N2CCN(C(c3ccc(F)cc3)c3ccc(F)cc3)CC2)c2nc(C#N)ccc21. The quantitative estimate of drug-likeness (QED) is 0.450. The third kappa shape index (κ3) is 4.38. The largest absolute Gasteiger partial charge is 0.367 e. The van der Waals surface area contributed by atoms with Gasteiger partial charge < -0.3 is 9.47 Å². The Balaban J connectivity index is 1.47. The van der Waals surface area contributed by atoms with Crippen LogP contribution < -0.4 is 10.5 Å². The van der Waals surface area contributed by atoms with Gasteiger partial charge in [0, 0.05) is 39.3 Å². The average molecular weight is 472 g/mol. The maximum absolute atomic E-state index is 13.6. The second kappa shape index (κ2) is 9.28. The van der Waals surface area contributed by atoms with Gasteiger partial charge in [0.25, 0.3) is 5.56 Å². The number of hydrogen-bond donors (Lipinski definition) is 0. The minimum atomic E-state index is -0.307. The molecule has 1 aliphatic heterocycles. The minimum Gasteiger partial charge on any atom is -0.367 e. The van der Waals surface area contributed by atoms with Crippen LogP contribution in [0, 0.1) is 23.0 Å². The van der Waals surface area contributed by atoms with Gasteiger partial charge in [0.05, 0.1) is 17.2 Å². The summed E-state index contributed by atoms with van der Waals surface area (Å²) in [6.07, 6.45) is 0. The van der Waals surface area contributed by atoms with Crippen LogP contribution in [0.5, 0.6) is 0 Å². The molecule has 0 atom stereocenters. The van der Waals surface area contributed by atoms with Crippen molar-refractivity contribution < 1.29 is 8.78 Å². The van der Waals surface area contributed by atoms with Crippen LogP contribution in [0.4, 0.5) is 14.5 Å². The van der Waals surface area contributed by atoms with Crippen molar-refractivity contribution in [3.63, 3.8) is 0 Å². The molecule has 0 spiro atoms. The Morgan fingerprint density at radius 2 is 1.46 bits per heavy atom. The molecule has 176 valence electrons. The lowest BCUT2D eigenvalue weighted by Crippen LogP contribution is -2.48. The van der Waals surface area contributed by atoms with E-state index in [2.05, 4.69) is 20.9 Å². The number of nitriles is 1. The van der Waals surface area contributed by atoms with E-state index >= 15 is 0 Å². The molecule has 1 aliphatic rings. The molecule has 4 aromatic rings. The predicted octanol–water partition coefficient (Wildman–Crippen LogP) is 3.99. The first-order valence-corrected chi connectivity index (χ1v) is 11.4. The van der Waals surface area contributed by atoms with Crippen molar-refractivity contribution in [1.82, 2.24) is 14.5 Å². The van der Waals surface area contributed by atoms with Crippen molar-refractivity contribution in [3.05, 3.63) is 106 Å². The number of pyridine rings is 2. The van der Waals surface area contributed by atoms with Gasteiger partial charge in [0.1, 0.15) is 28.9 Å². The fourth-order valence-corrected chi connectivity index (χ4v) is 4.74. The molecule has 0 amide bonds. The third-order valence-corrected chi connectivity index (χ3v) is 6.57. The van der Waals surface area contributed by atoms with Crippen molar-refractivity contribution >= 4 is 16.7 Å². The van der Waals surface area contributed by atoms with E-state index in [1.54, 1.807) is 49.5 Å². The molecule has 1 saturated heterocycles. The maximum Gasteiger partial charge on any atom is 0.252 e. The van der Waals surface area contributed by atoms with Crippen LogP contribution >= 0.6 is 0 Å². The number of piperazine rings is 1. The minimum absolute atomic E-state index is 0.142. The second-order valence-electron chi connectivity index (χ2n) is 8.63. The molecule has 6 nitrogen and oxygen atoms in total. The molecule has 5 rings (SSSR count). The number of rotatable bonds is 4. The topological polar surface area (TPSA) is 65.2 Å². The zero-order chi connectivity index (χ0) is 24.5. The van der Waals surface area contributed by atoms with Gasteiger partial charge in [-0.25, -0.2) is 13.8 Å². The Morgan fingerprint density at radius 1 is 0.886 bits per heavy atom. The lowest BCUT2D eigenvalue weighted by atomic mass is 9.96. The molecule has 0 bridgehead atoms. The molecule has 0 saturated carbocycles. The van der Waals surface area contributed by atoms with Gasteiger partial charge in [-0.3, -0.25) is 9.69 Å². The number of halogens is 2. The normalized spacial score (nSPS) is 14.4. The van der Waals surface area contributed by atoms with Gasteiger partial charge in [-0.2, -0.15) is 5.26 Å². The molecule has 0 N–H and O–H groups in total. The predicted molar refractivity (Wildman–Crippen MR) is 130 cm³/mol. The Hall–Kier alpha value is -4.09. The zero-order valence-electron chi connectivity index (χ0n) is 19.2. The van der Waals surface area contributed by atoms with E-state index in [1.807, 2.05) is 0 Å². The first-order chi connectivity index (χ1) is 16.9. The zero-order valence-corrected chi connectivity index (χ0v) is 19.2. The number of nitrogens with zero attached hydrogens (tertiary/aromatic N) is 5. The summed E-state index contributed by atoms with van der Waals surface area (Å²) in [6.45, 7) is 2.57. The Kier molecular flexibility index (Phi) is 6.01. The van der Waals surface area contributed by atoms with Gasteiger partial charge >= 0.3 is 0 Å². The van der Waals surface area contributed by atoms with E-state index in [9.17, 15) is 18.8 Å². The Labute approximate surface area is 201 Å². The van der Waals surface area contributed by atoms with Gasteiger partial charge in [-0.05, 0) is 47.5 Å². The number of aromatic nitrogens is 2. The van der Waals surface area contributed by atoms with Gasteiger partial charge in [0.2, 0.25) is 0 Å². The number of anilines is 1. The number of fused-ring (bicyclic) bond motifs is 1. The lowest BCUT2D eigenvalue weighted by Gasteiger charge is -2.40. The van der Waals surface area contributed by atoms with Crippen molar-refractivity contribution in [2.45, 2.75) is 6.04 Å². The highest BCUT2D eigenvalue weighted by Crippen LogP contribution is 2.32. The molecule has 0 radical (unpaired) electrons. The van der Waals surface area contributed by atoms with E-state index in [-0.39, 0.29) is 23.2 Å². The summed E-state index contributed by atoms with van der Waals surface area (Å²) in [6, 6.07) is 19.6. The highest BCUT2D eigenvalue weighted by Gasteiger charge is 2.28. The summed E-state index contributed by atoms with van der Waals surface area (Å²) in [5.74, 6) is -0.614. The molecule has 3 heterocycles. The summed E-state index contributed by atoms with van der Waals surface area (Å²) in [5, 5.41) is 9.32. The summed E-state index contributed by atoms with van der Waals surface area (Å²) >= 11 is 0.